The molecular formula is C37H39FN8O. The predicted octanol–water partition coefficient (Wildman–Crippen LogP) is 7.12. The van der Waals surface area contributed by atoms with Crippen LogP contribution in [0.15, 0.2) is 67.1 Å². The fourth-order valence-electron chi connectivity index (χ4n) is 7.11. The second-order valence-corrected chi connectivity index (χ2v) is 12.9. The van der Waals surface area contributed by atoms with Crippen molar-refractivity contribution >= 4 is 22.1 Å². The minimum Gasteiger partial charge on any atom is -0.492 e. The number of halogens is 1. The molecule has 10 heteroatoms. The molecule has 0 spiro atoms. The lowest BCUT2D eigenvalue weighted by Gasteiger charge is -2.15. The highest BCUT2D eigenvalue weighted by molar-refractivity contribution is 5.97. The summed E-state index contributed by atoms with van der Waals surface area (Å²) in [5.41, 5.74) is 7.57. The van der Waals surface area contributed by atoms with Gasteiger partial charge in [-0.1, -0.05) is 18.9 Å². The third kappa shape index (κ3) is 6.48. The van der Waals surface area contributed by atoms with Crippen molar-refractivity contribution in [2.45, 2.75) is 45.1 Å². The van der Waals surface area contributed by atoms with E-state index in [1.54, 1.807) is 6.20 Å². The highest BCUT2D eigenvalue weighted by Gasteiger charge is 2.18. The van der Waals surface area contributed by atoms with Crippen LogP contribution in [0.5, 0.6) is 5.75 Å². The van der Waals surface area contributed by atoms with Crippen molar-refractivity contribution in [2.75, 3.05) is 32.8 Å². The maximum atomic E-state index is 14.8. The van der Waals surface area contributed by atoms with Crippen LogP contribution in [0.25, 0.3) is 55.8 Å². The van der Waals surface area contributed by atoms with Gasteiger partial charge < -0.3 is 15.0 Å². The molecule has 1 saturated carbocycles. The zero-order chi connectivity index (χ0) is 31.6. The molecule has 2 aromatic carbocycles. The van der Waals surface area contributed by atoms with Crippen molar-refractivity contribution in [1.82, 2.24) is 40.3 Å². The molecule has 5 heterocycles. The number of nitrogens with one attached hydrogen (secondary N) is 3. The van der Waals surface area contributed by atoms with Crippen molar-refractivity contribution in [3.63, 3.8) is 0 Å². The smallest absolute Gasteiger partial charge is 0.160 e. The summed E-state index contributed by atoms with van der Waals surface area (Å²) >= 11 is 0. The lowest BCUT2D eigenvalue weighted by Crippen LogP contribution is -2.25. The van der Waals surface area contributed by atoms with E-state index in [1.165, 1.54) is 56.2 Å². The van der Waals surface area contributed by atoms with E-state index < -0.39 is 0 Å². The molecule has 8 rings (SSSR count). The topological polar surface area (TPSA) is 108 Å². The van der Waals surface area contributed by atoms with E-state index in [9.17, 15) is 4.39 Å². The number of pyridine rings is 2. The monoisotopic (exact) mass is 630 g/mol. The number of rotatable bonds is 11. The van der Waals surface area contributed by atoms with Gasteiger partial charge in [-0.2, -0.15) is 5.10 Å². The highest BCUT2D eigenvalue weighted by atomic mass is 19.1. The lowest BCUT2D eigenvalue weighted by atomic mass is 10.0. The van der Waals surface area contributed by atoms with Gasteiger partial charge in [0.2, 0.25) is 0 Å². The number of benzene rings is 2. The number of aromatic amines is 2. The second-order valence-electron chi connectivity index (χ2n) is 12.9. The molecule has 9 nitrogen and oxygen atoms in total. The Morgan fingerprint density at radius 3 is 2.72 bits per heavy atom. The van der Waals surface area contributed by atoms with Gasteiger partial charge in [0.25, 0.3) is 0 Å². The number of hydrogen-bond acceptors (Lipinski definition) is 7. The molecule has 1 aliphatic heterocycles. The zero-order valence-electron chi connectivity index (χ0n) is 26.4. The van der Waals surface area contributed by atoms with Crippen molar-refractivity contribution < 1.29 is 9.13 Å². The summed E-state index contributed by atoms with van der Waals surface area (Å²) in [6.07, 6.45) is 13.4. The van der Waals surface area contributed by atoms with Gasteiger partial charge in [0.1, 0.15) is 29.4 Å². The number of nitrogens with zero attached hydrogens (tertiary/aromatic N) is 5. The molecule has 1 saturated heterocycles. The van der Waals surface area contributed by atoms with Crippen LogP contribution in [0.2, 0.25) is 0 Å². The number of aromatic nitrogens is 6. The number of likely N-dealkylation sites (tertiary alicyclic amines) is 1. The van der Waals surface area contributed by atoms with Gasteiger partial charge in [0.15, 0.2) is 11.5 Å². The second kappa shape index (κ2) is 13.2. The first-order valence-electron chi connectivity index (χ1n) is 16.8. The van der Waals surface area contributed by atoms with Crippen molar-refractivity contribution in [3.05, 3.63) is 78.5 Å². The Bertz CT molecular complexity index is 2010. The van der Waals surface area contributed by atoms with Crippen molar-refractivity contribution in [1.29, 1.82) is 0 Å². The molecule has 6 aromatic rings. The first kappa shape index (κ1) is 29.7. The van der Waals surface area contributed by atoms with E-state index in [0.717, 1.165) is 66.2 Å². The molecule has 0 atom stereocenters. The Balaban J connectivity index is 1.05. The van der Waals surface area contributed by atoms with Crippen LogP contribution < -0.4 is 10.1 Å². The van der Waals surface area contributed by atoms with Crippen LogP contribution in [-0.4, -0.2) is 67.8 Å². The fourth-order valence-corrected chi connectivity index (χ4v) is 7.11. The molecule has 47 heavy (non-hydrogen) atoms. The molecule has 0 unspecified atom stereocenters. The van der Waals surface area contributed by atoms with Crippen LogP contribution >= 0.6 is 0 Å². The van der Waals surface area contributed by atoms with Gasteiger partial charge >= 0.3 is 0 Å². The van der Waals surface area contributed by atoms with E-state index >= 15 is 0 Å². The van der Waals surface area contributed by atoms with E-state index in [2.05, 4.69) is 53.6 Å². The number of imidazole rings is 1. The molecule has 2 aliphatic rings. The molecule has 2 fully saturated rings. The average molecular weight is 631 g/mol. The van der Waals surface area contributed by atoms with E-state index in [0.29, 0.717) is 40.6 Å². The summed E-state index contributed by atoms with van der Waals surface area (Å²) in [5.74, 6) is 1.54. The van der Waals surface area contributed by atoms with E-state index in [-0.39, 0.29) is 5.82 Å². The van der Waals surface area contributed by atoms with Crippen molar-refractivity contribution in [2.24, 2.45) is 5.92 Å². The zero-order valence-corrected chi connectivity index (χ0v) is 26.4. The SMILES string of the molecule is Fc1cc(OCCN2CCCC2)cc(-c2ccnc3[nH]c(-c4n[nH]c5ccc(-c6cncc(CNCC7CCCC7)c6)cc45)nc23)c1. The van der Waals surface area contributed by atoms with Crippen LogP contribution in [-0.2, 0) is 6.54 Å². The van der Waals surface area contributed by atoms with Gasteiger partial charge in [0, 0.05) is 54.3 Å². The summed E-state index contributed by atoms with van der Waals surface area (Å²) in [5, 5.41) is 12.4. The first-order chi connectivity index (χ1) is 23.2. The standard InChI is InChI=1S/C37H39FN8O/c38-29-16-27(17-30(19-29)47-14-13-46-11-3-4-12-46)31-9-10-41-36-34(31)42-37(43-36)35-32-18-26(7-8-33(32)44-45-35)28-15-25(22-40-23-28)21-39-20-24-5-1-2-6-24/h7-10,15-19,22-24,39H,1-6,11-14,20-21H2,(H,44,45)(H,41,42,43). The van der Waals surface area contributed by atoms with Crippen LogP contribution in [0, 0.1) is 11.7 Å². The molecule has 0 bridgehead atoms. The molecule has 3 N–H and O–H groups in total. The Hall–Kier alpha value is -4.67. The summed E-state index contributed by atoms with van der Waals surface area (Å²) in [6, 6.07) is 15.1. The fraction of sp³-hybridized carbons (Fsp3) is 0.351. The molecule has 240 valence electrons. The summed E-state index contributed by atoms with van der Waals surface area (Å²) in [6.45, 7) is 5.44. The Morgan fingerprint density at radius 2 is 1.83 bits per heavy atom. The molecule has 0 radical (unpaired) electrons. The minimum atomic E-state index is -0.353. The van der Waals surface area contributed by atoms with Crippen LogP contribution in [0.4, 0.5) is 4.39 Å². The number of H-pyrrole nitrogens is 2. The lowest BCUT2D eigenvalue weighted by molar-refractivity contribution is 0.237. The normalized spacial score (nSPS) is 15.8. The Morgan fingerprint density at radius 1 is 0.936 bits per heavy atom. The number of ether oxygens (including phenoxy) is 1. The molecule has 0 amide bonds. The van der Waals surface area contributed by atoms with Crippen molar-refractivity contribution in [3.8, 4) is 39.5 Å². The summed E-state index contributed by atoms with van der Waals surface area (Å²) in [7, 11) is 0. The van der Waals surface area contributed by atoms with Gasteiger partial charge in [-0.15, -0.1) is 0 Å². The third-order valence-corrected chi connectivity index (χ3v) is 9.59. The molecule has 4 aromatic heterocycles. The minimum absolute atomic E-state index is 0.353. The summed E-state index contributed by atoms with van der Waals surface area (Å²) in [4.78, 5) is 19.8. The predicted molar refractivity (Wildman–Crippen MR) is 182 cm³/mol. The third-order valence-electron chi connectivity index (χ3n) is 9.59. The highest BCUT2D eigenvalue weighted by Crippen LogP contribution is 2.34. The Labute approximate surface area is 273 Å². The van der Waals surface area contributed by atoms with Crippen LogP contribution in [0.1, 0.15) is 44.1 Å². The van der Waals surface area contributed by atoms with Gasteiger partial charge in [-0.3, -0.25) is 15.0 Å². The van der Waals surface area contributed by atoms with Gasteiger partial charge in [-0.05, 0) is 104 Å². The molecule has 1 aliphatic carbocycles. The van der Waals surface area contributed by atoms with E-state index in [4.69, 9.17) is 9.72 Å². The summed E-state index contributed by atoms with van der Waals surface area (Å²) < 4.78 is 20.8. The quantitative estimate of drug-likeness (QED) is 0.140. The average Bonchev–Trinajstić information content (AvgIpc) is 3.91. The number of hydrogen-bond donors (Lipinski definition) is 3. The largest absolute Gasteiger partial charge is 0.492 e. The first-order valence-corrected chi connectivity index (χ1v) is 16.8. The maximum absolute atomic E-state index is 14.8. The van der Waals surface area contributed by atoms with Gasteiger partial charge in [0.05, 0.1) is 5.52 Å². The molecular weight excluding hydrogens is 591 g/mol. The maximum Gasteiger partial charge on any atom is 0.160 e. The number of fused-ring (bicyclic) bond motifs is 2. The van der Waals surface area contributed by atoms with Gasteiger partial charge in [-0.25, -0.2) is 14.4 Å². The van der Waals surface area contributed by atoms with Crippen LogP contribution in [0.3, 0.4) is 0 Å². The van der Waals surface area contributed by atoms with E-state index in [1.807, 2.05) is 30.6 Å². The Kier molecular flexibility index (Phi) is 8.35.